The Hall–Kier alpha value is -2.09. The van der Waals surface area contributed by atoms with Gasteiger partial charge in [0.1, 0.15) is 0 Å². The summed E-state index contributed by atoms with van der Waals surface area (Å²) < 4.78 is 1.81. The van der Waals surface area contributed by atoms with Crippen molar-refractivity contribution >= 4 is 23.7 Å². The van der Waals surface area contributed by atoms with Gasteiger partial charge in [-0.1, -0.05) is 17.8 Å². The van der Waals surface area contributed by atoms with Gasteiger partial charge in [-0.2, -0.15) is 0 Å². The number of anilines is 1. The Morgan fingerprint density at radius 3 is 2.86 bits per heavy atom. The van der Waals surface area contributed by atoms with E-state index in [0.717, 1.165) is 24.0 Å². The van der Waals surface area contributed by atoms with E-state index in [1.165, 1.54) is 0 Å². The van der Waals surface area contributed by atoms with Gasteiger partial charge >= 0.3 is 5.97 Å². The van der Waals surface area contributed by atoms with Crippen molar-refractivity contribution in [3.63, 3.8) is 0 Å². The van der Waals surface area contributed by atoms with Crippen LogP contribution >= 0.6 is 11.8 Å². The fourth-order valence-corrected chi connectivity index (χ4v) is 2.47. The molecule has 8 heteroatoms. The number of carboxylic acid groups (broad SMARTS) is 1. The van der Waals surface area contributed by atoms with Gasteiger partial charge in [0, 0.05) is 19.8 Å². The lowest BCUT2D eigenvalue weighted by molar-refractivity contribution is -0.133. The van der Waals surface area contributed by atoms with Crippen LogP contribution in [0.15, 0.2) is 29.6 Å². The molecule has 2 aromatic heterocycles. The Morgan fingerprint density at radius 2 is 2.24 bits per heavy atom. The van der Waals surface area contributed by atoms with Gasteiger partial charge < -0.3 is 10.0 Å². The third-order valence-electron chi connectivity index (χ3n) is 2.88. The van der Waals surface area contributed by atoms with E-state index >= 15 is 0 Å². The van der Waals surface area contributed by atoms with Gasteiger partial charge in [-0.25, -0.2) is 0 Å². The van der Waals surface area contributed by atoms with Gasteiger partial charge in [-0.05, 0) is 19.1 Å². The quantitative estimate of drug-likeness (QED) is 0.774. The number of hydrogen-bond acceptors (Lipinski definition) is 6. The summed E-state index contributed by atoms with van der Waals surface area (Å²) in [4.78, 5) is 17.0. The second kappa shape index (κ2) is 7.07. The van der Waals surface area contributed by atoms with Crippen LogP contribution in [-0.4, -0.2) is 43.1 Å². The van der Waals surface area contributed by atoms with E-state index in [-0.39, 0.29) is 5.75 Å². The molecular formula is C13H17N5O2S. The van der Waals surface area contributed by atoms with Crippen molar-refractivity contribution in [1.29, 1.82) is 0 Å². The lowest BCUT2D eigenvalue weighted by Gasteiger charge is -2.20. The van der Waals surface area contributed by atoms with Crippen molar-refractivity contribution < 1.29 is 9.90 Å². The first-order valence-electron chi connectivity index (χ1n) is 6.50. The number of aliphatic carboxylic acids is 1. The monoisotopic (exact) mass is 307 g/mol. The molecule has 0 unspecified atom stereocenters. The zero-order chi connectivity index (χ0) is 15.2. The molecule has 0 atom stereocenters. The topological polar surface area (TPSA) is 84.1 Å². The highest BCUT2D eigenvalue weighted by molar-refractivity contribution is 7.99. The maximum atomic E-state index is 10.6. The second-order valence-electron chi connectivity index (χ2n) is 4.36. The largest absolute Gasteiger partial charge is 0.481 e. The van der Waals surface area contributed by atoms with Crippen LogP contribution < -0.4 is 4.90 Å². The summed E-state index contributed by atoms with van der Waals surface area (Å²) >= 11 is 1.16. The summed E-state index contributed by atoms with van der Waals surface area (Å²) in [6.45, 7) is 3.42. The molecule has 2 rings (SSSR count). The molecule has 0 bridgehead atoms. The van der Waals surface area contributed by atoms with Crippen molar-refractivity contribution in [1.82, 2.24) is 19.7 Å². The second-order valence-corrected chi connectivity index (χ2v) is 5.30. The van der Waals surface area contributed by atoms with Crippen molar-refractivity contribution in [2.45, 2.75) is 18.6 Å². The number of carbonyl (C=O) groups is 1. The van der Waals surface area contributed by atoms with Gasteiger partial charge in [0.2, 0.25) is 5.95 Å². The van der Waals surface area contributed by atoms with Gasteiger partial charge in [0.05, 0.1) is 18.0 Å². The normalized spacial score (nSPS) is 10.6. The Morgan fingerprint density at radius 1 is 1.43 bits per heavy atom. The van der Waals surface area contributed by atoms with Gasteiger partial charge in [0.25, 0.3) is 0 Å². The summed E-state index contributed by atoms with van der Waals surface area (Å²) in [5.41, 5.74) is 0.946. The predicted octanol–water partition coefficient (Wildman–Crippen LogP) is 1.41. The maximum Gasteiger partial charge on any atom is 0.313 e. The average molecular weight is 307 g/mol. The maximum absolute atomic E-state index is 10.6. The van der Waals surface area contributed by atoms with Crippen LogP contribution in [0.4, 0.5) is 5.95 Å². The smallest absolute Gasteiger partial charge is 0.313 e. The minimum absolute atomic E-state index is 0.0294. The molecule has 112 valence electrons. The van der Waals surface area contributed by atoms with Crippen LogP contribution in [-0.2, 0) is 18.4 Å². The van der Waals surface area contributed by atoms with E-state index in [0.29, 0.717) is 17.6 Å². The first-order chi connectivity index (χ1) is 10.1. The molecule has 1 N–H and O–H groups in total. The standard InChI is InChI=1S/C13H17N5O2S/c1-3-18(8-10-6-4-5-7-14-10)12-15-16-13(17(12)2)21-9-11(19)20/h4-7H,3,8-9H2,1-2H3,(H,19,20). The van der Waals surface area contributed by atoms with E-state index in [4.69, 9.17) is 5.11 Å². The highest BCUT2D eigenvalue weighted by Crippen LogP contribution is 2.21. The third kappa shape index (κ3) is 3.94. The Kier molecular flexibility index (Phi) is 5.15. The zero-order valence-electron chi connectivity index (χ0n) is 11.9. The van der Waals surface area contributed by atoms with Gasteiger partial charge in [0.15, 0.2) is 5.16 Å². The van der Waals surface area contributed by atoms with E-state index in [1.807, 2.05) is 37.1 Å². The van der Waals surface area contributed by atoms with Crippen LogP contribution in [0.1, 0.15) is 12.6 Å². The van der Waals surface area contributed by atoms with Crippen LogP contribution in [0, 0.1) is 0 Å². The fourth-order valence-electron chi connectivity index (χ4n) is 1.85. The summed E-state index contributed by atoms with van der Waals surface area (Å²) in [7, 11) is 1.83. The van der Waals surface area contributed by atoms with Crippen LogP contribution in [0.2, 0.25) is 0 Å². The summed E-state index contributed by atoms with van der Waals surface area (Å²) in [6, 6.07) is 5.78. The number of hydrogen-bond donors (Lipinski definition) is 1. The number of carboxylic acids is 1. The number of pyridine rings is 1. The Balaban J connectivity index is 2.13. The van der Waals surface area contributed by atoms with Crippen LogP contribution in [0.5, 0.6) is 0 Å². The number of aromatic nitrogens is 4. The highest BCUT2D eigenvalue weighted by atomic mass is 32.2. The van der Waals surface area contributed by atoms with E-state index in [1.54, 1.807) is 10.8 Å². The van der Waals surface area contributed by atoms with Gasteiger partial charge in [-0.15, -0.1) is 10.2 Å². The molecule has 0 aliphatic carbocycles. The van der Waals surface area contributed by atoms with Crippen molar-refractivity contribution in [3.05, 3.63) is 30.1 Å². The molecular weight excluding hydrogens is 290 g/mol. The summed E-state index contributed by atoms with van der Waals surface area (Å²) in [5.74, 6) is -0.195. The molecule has 7 nitrogen and oxygen atoms in total. The van der Waals surface area contributed by atoms with E-state index < -0.39 is 5.97 Å². The predicted molar refractivity (Wildman–Crippen MR) is 80.3 cm³/mol. The average Bonchev–Trinajstić information content (AvgIpc) is 2.85. The lowest BCUT2D eigenvalue weighted by Crippen LogP contribution is -2.25. The molecule has 0 radical (unpaired) electrons. The zero-order valence-corrected chi connectivity index (χ0v) is 12.7. The molecule has 0 saturated carbocycles. The van der Waals surface area contributed by atoms with Crippen molar-refractivity contribution in [2.24, 2.45) is 7.05 Å². The molecule has 21 heavy (non-hydrogen) atoms. The molecule has 0 aliphatic rings. The number of rotatable bonds is 7. The number of thioether (sulfide) groups is 1. The minimum Gasteiger partial charge on any atom is -0.481 e. The molecule has 0 spiro atoms. The third-order valence-corrected chi connectivity index (χ3v) is 3.89. The van der Waals surface area contributed by atoms with E-state index in [2.05, 4.69) is 15.2 Å². The highest BCUT2D eigenvalue weighted by Gasteiger charge is 2.16. The minimum atomic E-state index is -0.870. The molecule has 0 amide bonds. The fraction of sp³-hybridized carbons (Fsp3) is 0.385. The Labute approximate surface area is 127 Å². The van der Waals surface area contributed by atoms with Crippen molar-refractivity contribution in [3.8, 4) is 0 Å². The van der Waals surface area contributed by atoms with Crippen LogP contribution in [0.3, 0.4) is 0 Å². The van der Waals surface area contributed by atoms with Crippen LogP contribution in [0.25, 0.3) is 0 Å². The first kappa shape index (κ1) is 15.3. The number of nitrogens with zero attached hydrogens (tertiary/aromatic N) is 5. The molecule has 2 heterocycles. The van der Waals surface area contributed by atoms with Crippen molar-refractivity contribution in [2.75, 3.05) is 17.2 Å². The van der Waals surface area contributed by atoms with Gasteiger partial charge in [-0.3, -0.25) is 14.3 Å². The molecule has 0 saturated heterocycles. The Bertz CT molecular complexity index is 602. The molecule has 0 aromatic carbocycles. The summed E-state index contributed by atoms with van der Waals surface area (Å²) in [5, 5.41) is 17.5. The molecule has 0 fully saturated rings. The molecule has 2 aromatic rings. The first-order valence-corrected chi connectivity index (χ1v) is 7.49. The lowest BCUT2D eigenvalue weighted by atomic mass is 10.3. The molecule has 0 aliphatic heterocycles. The van der Waals surface area contributed by atoms with E-state index in [9.17, 15) is 4.79 Å². The SMILES string of the molecule is CCN(Cc1ccccn1)c1nnc(SCC(=O)O)n1C. The summed E-state index contributed by atoms with van der Waals surface area (Å²) in [6.07, 6.45) is 1.76.